The molecule has 3 fully saturated rings. The van der Waals surface area contributed by atoms with Crippen molar-refractivity contribution in [2.75, 3.05) is 46.8 Å². The lowest BCUT2D eigenvalue weighted by molar-refractivity contribution is -0.162. The van der Waals surface area contributed by atoms with Gasteiger partial charge in [-0.1, -0.05) is 30.9 Å². The maximum atomic E-state index is 13.3. The third-order valence-corrected chi connectivity index (χ3v) is 16.4. The zero-order chi connectivity index (χ0) is 48.8. The molecule has 2 saturated carbocycles. The topological polar surface area (TPSA) is 181 Å². The molecule has 0 aromatic heterocycles. The van der Waals surface area contributed by atoms with Crippen LogP contribution in [0.15, 0.2) is 72.8 Å². The van der Waals surface area contributed by atoms with Crippen LogP contribution in [0.4, 0.5) is 0 Å². The summed E-state index contributed by atoms with van der Waals surface area (Å²) < 4.78 is 41.1. The van der Waals surface area contributed by atoms with Crippen molar-refractivity contribution in [2.45, 2.75) is 107 Å². The van der Waals surface area contributed by atoms with Crippen molar-refractivity contribution in [3.8, 4) is 63.2 Å². The second-order valence-corrected chi connectivity index (χ2v) is 20.5. The second kappa shape index (κ2) is 20.1. The molecule has 4 heterocycles. The van der Waals surface area contributed by atoms with E-state index in [1.165, 1.54) is 0 Å². The van der Waals surface area contributed by atoms with Gasteiger partial charge in [-0.15, -0.1) is 0 Å². The molecule has 0 amide bonds. The zero-order valence-electron chi connectivity index (χ0n) is 40.6. The Morgan fingerprint density at radius 1 is 0.873 bits per heavy atom. The predicted molar refractivity (Wildman–Crippen MR) is 268 cm³/mol. The predicted octanol–water partition coefficient (Wildman–Crippen LogP) is 8.37. The van der Waals surface area contributed by atoms with Gasteiger partial charge in [-0.3, -0.25) is 5.32 Å². The van der Waals surface area contributed by atoms with Crippen LogP contribution in [0.25, 0.3) is 21.9 Å². The van der Waals surface area contributed by atoms with Gasteiger partial charge in [0.15, 0.2) is 0 Å². The number of aryl methyl sites for hydroxylation is 1. The van der Waals surface area contributed by atoms with Gasteiger partial charge in [0.2, 0.25) is 0 Å². The summed E-state index contributed by atoms with van der Waals surface area (Å²) >= 11 is 0. The van der Waals surface area contributed by atoms with E-state index in [-0.39, 0.29) is 55.0 Å². The summed E-state index contributed by atoms with van der Waals surface area (Å²) in [5.74, 6) is 8.24. The molecule has 2 bridgehead atoms. The lowest BCUT2D eigenvalue weighted by Gasteiger charge is -2.50. The molecule has 6 aliphatic rings. The van der Waals surface area contributed by atoms with E-state index < -0.39 is 41.8 Å². The molecule has 374 valence electrons. The minimum atomic E-state index is -1.06. The number of phenolic OH excluding ortho intramolecular Hbond substituents is 3. The Morgan fingerprint density at radius 2 is 1.73 bits per heavy atom. The molecular formula is C58H66N2O11. The number of aliphatic hydroxyl groups excluding tert-OH is 2. The fraction of sp³-hybridized carbons (Fsp3) is 0.483. The van der Waals surface area contributed by atoms with Crippen LogP contribution in [0.5, 0.6) is 40.2 Å². The monoisotopic (exact) mass is 966 g/mol. The number of benzene rings is 5. The molecule has 5 aromatic rings. The normalized spacial score (nSPS) is 27.9. The van der Waals surface area contributed by atoms with Gasteiger partial charge < -0.3 is 59.3 Å². The molecular weight excluding hydrogens is 901 g/mol. The maximum absolute atomic E-state index is 13.3. The Hall–Kier alpha value is -5.72. The number of phenols is 3. The quantitative estimate of drug-likeness (QED) is 0.0469. The Kier molecular flexibility index (Phi) is 13.4. The molecule has 71 heavy (non-hydrogen) atoms. The van der Waals surface area contributed by atoms with Crippen molar-refractivity contribution >= 4 is 10.8 Å². The SMILES string of the molecule is CCc1cc(-c2cccc(O)c2)c(Cc2cc(OC3CCCC3)cc3c2OCC(C2C(CCCOC)Oc4c5cc(c6cc(O)ccc46)OCC#CC4CNCNC46CCC(CO)C6OC52)C3O)cc1O. The highest BCUT2D eigenvalue weighted by Gasteiger charge is 2.58. The number of aliphatic hydroxyl groups is 2. The average Bonchev–Trinajstić information content (AvgIpc) is 4.01. The summed E-state index contributed by atoms with van der Waals surface area (Å²) in [6.07, 6.45) is 5.11. The smallest absolute Gasteiger partial charge is 0.149 e. The Balaban J connectivity index is 1.06. The van der Waals surface area contributed by atoms with E-state index in [0.717, 1.165) is 77.3 Å². The first-order valence-electron chi connectivity index (χ1n) is 25.7. The standard InChI is InChI=1S/C58H66N2O11/c1-3-33-24-44(34-9-6-11-39(62)22-34)36(25-49(33)64)21-37-23-42(69-41-12-4-5-13-41)27-46-53(65)48(31-68-54(37)46)52-50(14-8-19-66-2)70-55-43-16-15-40(63)26-45(43)51-28-47(55)56(52)71-57-35(30-61)17-18-58(57)38(10-7-20-67-51)29-59-32-60-58/h6,9,11,15-16,22-28,35,38,41,48,50,52-53,56-57,59-65H,3-5,8,12-14,17-21,29-32H2,1-2H3. The lowest BCUT2D eigenvalue weighted by Crippen LogP contribution is -2.66. The number of rotatable bonds is 12. The molecule has 9 atom stereocenters. The maximum Gasteiger partial charge on any atom is 0.149 e. The fourth-order valence-electron chi connectivity index (χ4n) is 12.9. The number of ether oxygens (including phenoxy) is 6. The molecule has 5 aromatic carbocycles. The number of fused-ring (bicyclic) bond motifs is 5. The first-order chi connectivity index (χ1) is 34.7. The molecule has 13 heteroatoms. The van der Waals surface area contributed by atoms with E-state index in [9.17, 15) is 25.5 Å². The molecule has 13 nitrogen and oxygen atoms in total. The van der Waals surface area contributed by atoms with Crippen LogP contribution >= 0.6 is 0 Å². The van der Waals surface area contributed by atoms with Gasteiger partial charge in [-0.05, 0) is 141 Å². The van der Waals surface area contributed by atoms with Crippen LogP contribution in [0.2, 0.25) is 0 Å². The number of nitrogens with one attached hydrogen (secondary N) is 2. The van der Waals surface area contributed by atoms with Gasteiger partial charge >= 0.3 is 0 Å². The highest BCUT2D eigenvalue weighted by Crippen LogP contribution is 2.57. The highest BCUT2D eigenvalue weighted by atomic mass is 16.5. The van der Waals surface area contributed by atoms with Crippen molar-refractivity contribution < 1.29 is 54.0 Å². The largest absolute Gasteiger partial charge is 0.508 e. The highest BCUT2D eigenvalue weighted by molar-refractivity contribution is 5.96. The lowest BCUT2D eigenvalue weighted by atomic mass is 9.71. The van der Waals surface area contributed by atoms with Crippen LogP contribution in [-0.4, -0.2) is 96.1 Å². The van der Waals surface area contributed by atoms with Crippen LogP contribution in [-0.2, 0) is 22.3 Å². The summed E-state index contributed by atoms with van der Waals surface area (Å²) in [6.45, 7) is 3.90. The summed E-state index contributed by atoms with van der Waals surface area (Å²) in [5.41, 5.74) is 4.92. The van der Waals surface area contributed by atoms with Gasteiger partial charge in [-0.2, -0.15) is 0 Å². The van der Waals surface area contributed by atoms with Crippen molar-refractivity contribution in [1.29, 1.82) is 0 Å². The number of aromatic hydroxyl groups is 3. The van der Waals surface area contributed by atoms with Crippen LogP contribution in [0, 0.1) is 35.5 Å². The number of methoxy groups -OCH3 is 1. The Bertz CT molecular complexity index is 2840. The number of hydrogen-bond donors (Lipinski definition) is 7. The molecule has 9 unspecified atom stereocenters. The molecule has 4 aliphatic heterocycles. The molecule has 0 radical (unpaired) electrons. The summed E-state index contributed by atoms with van der Waals surface area (Å²) in [7, 11) is 1.69. The van der Waals surface area contributed by atoms with Gasteiger partial charge in [0.05, 0.1) is 42.5 Å². The fourth-order valence-corrected chi connectivity index (χ4v) is 12.9. The van der Waals surface area contributed by atoms with E-state index >= 15 is 0 Å². The van der Waals surface area contributed by atoms with Gasteiger partial charge in [0.25, 0.3) is 0 Å². The first-order valence-corrected chi connectivity index (χ1v) is 25.7. The molecule has 7 N–H and O–H groups in total. The van der Waals surface area contributed by atoms with E-state index in [2.05, 4.69) is 22.5 Å². The van der Waals surface area contributed by atoms with Gasteiger partial charge in [0, 0.05) is 85.2 Å². The van der Waals surface area contributed by atoms with E-state index in [1.54, 1.807) is 31.4 Å². The van der Waals surface area contributed by atoms with E-state index in [0.29, 0.717) is 79.5 Å². The summed E-state index contributed by atoms with van der Waals surface area (Å²) in [5, 5.41) is 65.9. The summed E-state index contributed by atoms with van der Waals surface area (Å²) in [4.78, 5) is 0. The Labute approximate surface area is 415 Å². The first kappa shape index (κ1) is 47.6. The molecule has 1 saturated heterocycles. The van der Waals surface area contributed by atoms with Crippen molar-refractivity contribution in [2.24, 2.45) is 23.7 Å². The molecule has 2 aliphatic carbocycles. The van der Waals surface area contributed by atoms with Gasteiger partial charge in [0.1, 0.15) is 53.0 Å². The third kappa shape index (κ3) is 8.91. The van der Waals surface area contributed by atoms with Crippen LogP contribution < -0.4 is 29.6 Å². The average molecular weight is 967 g/mol. The molecule has 1 spiro atoms. The minimum absolute atomic E-state index is 0.0376. The Morgan fingerprint density at radius 3 is 2.55 bits per heavy atom. The van der Waals surface area contributed by atoms with Gasteiger partial charge in [-0.25, -0.2) is 0 Å². The van der Waals surface area contributed by atoms with Crippen LogP contribution in [0.3, 0.4) is 0 Å². The van der Waals surface area contributed by atoms with E-state index in [4.69, 9.17) is 28.4 Å². The molecule has 11 rings (SSSR count). The van der Waals surface area contributed by atoms with E-state index in [1.807, 2.05) is 55.5 Å². The third-order valence-electron chi connectivity index (χ3n) is 16.4. The number of hydrogen-bond acceptors (Lipinski definition) is 13. The van der Waals surface area contributed by atoms with Crippen molar-refractivity contribution in [1.82, 2.24) is 10.6 Å². The van der Waals surface area contributed by atoms with Crippen molar-refractivity contribution in [3.05, 3.63) is 101 Å². The van der Waals surface area contributed by atoms with Crippen LogP contribution in [0.1, 0.15) is 98.3 Å². The second-order valence-electron chi connectivity index (χ2n) is 20.5. The zero-order valence-corrected chi connectivity index (χ0v) is 40.6. The summed E-state index contributed by atoms with van der Waals surface area (Å²) in [6, 6.07) is 22.1. The van der Waals surface area contributed by atoms with Crippen molar-refractivity contribution in [3.63, 3.8) is 0 Å². The minimum Gasteiger partial charge on any atom is -0.508 e.